The van der Waals surface area contributed by atoms with Gasteiger partial charge in [0.2, 0.25) is 5.91 Å². The van der Waals surface area contributed by atoms with E-state index in [0.717, 1.165) is 57.8 Å². The maximum absolute atomic E-state index is 12.7. The standard InChI is InChI=1S/C40H75N2O7P/c1-3-5-7-9-11-13-15-16-17-18-19-20-21-22-24-26-28-30-32-39(44)38(36-49-50(46,47)48-34-33-41)42-40(45)35-37(43)31-29-27-25-23-14-12-10-8-6-4-2/h12,14,18-19,22,24,30,32,37-39,43-44H,3-11,13,15-17,20-21,23,25-29,31,33-36,41H2,1-2H3,(H,42,45)(H,46,47)/b14-12-,19-18+,24-22+,32-30+. The molecule has 0 fully saturated rings. The smallest absolute Gasteiger partial charge is 0.393 e. The van der Waals surface area contributed by atoms with E-state index in [1.165, 1.54) is 70.6 Å². The number of nitrogens with two attached hydrogens (primary N) is 1. The summed E-state index contributed by atoms with van der Waals surface area (Å²) in [4.78, 5) is 22.6. The number of hydrogen-bond acceptors (Lipinski definition) is 7. The Labute approximate surface area is 305 Å². The normalized spacial score (nSPS) is 15.4. The second-order valence-corrected chi connectivity index (χ2v) is 14.8. The molecule has 0 saturated heterocycles. The third kappa shape index (κ3) is 33.6. The molecule has 0 saturated carbocycles. The average molecular weight is 727 g/mol. The Morgan fingerprint density at radius 2 is 1.14 bits per heavy atom. The number of nitrogens with one attached hydrogen (secondary N) is 1. The van der Waals surface area contributed by atoms with Gasteiger partial charge in [-0.2, -0.15) is 0 Å². The lowest BCUT2D eigenvalue weighted by molar-refractivity contribution is -0.124. The summed E-state index contributed by atoms with van der Waals surface area (Å²) >= 11 is 0. The monoisotopic (exact) mass is 727 g/mol. The van der Waals surface area contributed by atoms with Gasteiger partial charge in [-0.1, -0.05) is 133 Å². The SMILES string of the molecule is CCCCC/C=C\CCCCCC(O)CC(=O)NC(COP(=O)(O)OCCN)C(O)/C=C/CC/C=C/CC/C=C/CCCCCCCCCC. The summed E-state index contributed by atoms with van der Waals surface area (Å²) in [5, 5.41) is 23.9. The summed E-state index contributed by atoms with van der Waals surface area (Å²) in [7, 11) is -4.41. The van der Waals surface area contributed by atoms with Crippen LogP contribution in [0.3, 0.4) is 0 Å². The van der Waals surface area contributed by atoms with E-state index in [2.05, 4.69) is 55.6 Å². The van der Waals surface area contributed by atoms with E-state index in [-0.39, 0.29) is 19.6 Å². The molecule has 0 aliphatic heterocycles. The fourth-order valence-corrected chi connectivity index (χ4v) is 6.14. The first-order valence-electron chi connectivity index (χ1n) is 19.8. The fourth-order valence-electron chi connectivity index (χ4n) is 5.38. The maximum atomic E-state index is 12.7. The number of hydrogen-bond donors (Lipinski definition) is 5. The van der Waals surface area contributed by atoms with Crippen molar-refractivity contribution in [3.05, 3.63) is 48.6 Å². The van der Waals surface area contributed by atoms with Gasteiger partial charge < -0.3 is 26.2 Å². The lowest BCUT2D eigenvalue weighted by Gasteiger charge is -2.24. The van der Waals surface area contributed by atoms with Crippen molar-refractivity contribution in [3.63, 3.8) is 0 Å². The van der Waals surface area contributed by atoms with E-state index in [9.17, 15) is 24.5 Å². The number of aliphatic hydroxyl groups excluding tert-OH is 2. The lowest BCUT2D eigenvalue weighted by atomic mass is 10.1. The number of rotatable bonds is 36. The van der Waals surface area contributed by atoms with E-state index in [0.29, 0.717) is 12.8 Å². The zero-order valence-corrected chi connectivity index (χ0v) is 32.6. The van der Waals surface area contributed by atoms with Gasteiger partial charge in [-0.25, -0.2) is 4.57 Å². The van der Waals surface area contributed by atoms with Crippen LogP contribution in [0.15, 0.2) is 48.6 Å². The van der Waals surface area contributed by atoms with Crippen molar-refractivity contribution in [1.29, 1.82) is 0 Å². The molecule has 0 heterocycles. The van der Waals surface area contributed by atoms with Crippen LogP contribution in [0.2, 0.25) is 0 Å². The van der Waals surface area contributed by atoms with Crippen LogP contribution in [0.5, 0.6) is 0 Å². The lowest BCUT2D eigenvalue weighted by Crippen LogP contribution is -2.46. The Morgan fingerprint density at radius 1 is 0.680 bits per heavy atom. The Bertz CT molecular complexity index is 941. The number of carbonyl (C=O) groups is 1. The molecule has 0 aromatic carbocycles. The number of amides is 1. The predicted molar refractivity (Wildman–Crippen MR) is 209 cm³/mol. The van der Waals surface area contributed by atoms with Gasteiger partial charge in [0, 0.05) is 6.54 Å². The molecule has 0 aromatic heterocycles. The van der Waals surface area contributed by atoms with E-state index >= 15 is 0 Å². The average Bonchev–Trinajstić information content (AvgIpc) is 3.09. The number of carbonyl (C=O) groups excluding carboxylic acids is 1. The van der Waals surface area contributed by atoms with Crippen LogP contribution in [-0.4, -0.2) is 59.0 Å². The van der Waals surface area contributed by atoms with Crippen molar-refractivity contribution in [2.45, 2.75) is 180 Å². The van der Waals surface area contributed by atoms with Gasteiger partial charge in [-0.15, -0.1) is 0 Å². The predicted octanol–water partition coefficient (Wildman–Crippen LogP) is 9.52. The van der Waals surface area contributed by atoms with E-state index in [1.54, 1.807) is 6.08 Å². The summed E-state index contributed by atoms with van der Waals surface area (Å²) in [6.45, 7) is 3.87. The quantitative estimate of drug-likeness (QED) is 0.0243. The molecular formula is C40H75N2O7P. The number of unbranched alkanes of at least 4 members (excludes halogenated alkanes) is 16. The molecule has 50 heavy (non-hydrogen) atoms. The second kappa shape index (κ2) is 35.8. The van der Waals surface area contributed by atoms with Gasteiger partial charge in [0.25, 0.3) is 0 Å². The van der Waals surface area contributed by atoms with Crippen LogP contribution in [0.4, 0.5) is 0 Å². The molecule has 0 rings (SSSR count). The molecule has 292 valence electrons. The number of allylic oxidation sites excluding steroid dienone is 7. The Hall–Kier alpha value is -1.58. The van der Waals surface area contributed by atoms with Crippen LogP contribution in [0.25, 0.3) is 0 Å². The molecule has 0 aromatic rings. The highest BCUT2D eigenvalue weighted by atomic mass is 31.2. The first-order valence-corrected chi connectivity index (χ1v) is 21.3. The van der Waals surface area contributed by atoms with Gasteiger partial charge in [-0.3, -0.25) is 13.8 Å². The van der Waals surface area contributed by atoms with Gasteiger partial charge >= 0.3 is 7.82 Å². The molecule has 6 N–H and O–H groups in total. The molecule has 0 bridgehead atoms. The van der Waals surface area contributed by atoms with Crippen molar-refractivity contribution in [2.75, 3.05) is 19.8 Å². The summed E-state index contributed by atoms with van der Waals surface area (Å²) in [5.41, 5.74) is 5.34. The van der Waals surface area contributed by atoms with Crippen LogP contribution < -0.4 is 11.1 Å². The van der Waals surface area contributed by atoms with Crippen molar-refractivity contribution in [1.82, 2.24) is 5.32 Å². The van der Waals surface area contributed by atoms with Crippen LogP contribution in [0.1, 0.15) is 162 Å². The largest absolute Gasteiger partial charge is 0.472 e. The summed E-state index contributed by atoms with van der Waals surface area (Å²) < 4.78 is 22.0. The minimum absolute atomic E-state index is 0.0393. The molecule has 4 atom stereocenters. The van der Waals surface area contributed by atoms with Crippen LogP contribution >= 0.6 is 7.82 Å². The topological polar surface area (TPSA) is 151 Å². The summed E-state index contributed by atoms with van der Waals surface area (Å²) in [6.07, 6.45) is 39.2. The van der Waals surface area contributed by atoms with Gasteiger partial charge in [0.1, 0.15) is 0 Å². The first kappa shape index (κ1) is 48.4. The molecule has 9 nitrogen and oxygen atoms in total. The van der Waals surface area contributed by atoms with Crippen LogP contribution in [-0.2, 0) is 18.4 Å². The molecule has 4 unspecified atom stereocenters. The molecule has 0 aliphatic carbocycles. The van der Waals surface area contributed by atoms with Gasteiger partial charge in [-0.05, 0) is 70.6 Å². The van der Waals surface area contributed by atoms with E-state index < -0.39 is 38.6 Å². The first-order chi connectivity index (χ1) is 24.3. The van der Waals surface area contributed by atoms with Crippen molar-refractivity contribution < 1.29 is 33.5 Å². The second-order valence-electron chi connectivity index (χ2n) is 13.3. The number of phosphoric ester groups is 1. The molecule has 10 heteroatoms. The molecule has 0 radical (unpaired) electrons. The zero-order valence-electron chi connectivity index (χ0n) is 31.7. The highest BCUT2D eigenvalue weighted by Crippen LogP contribution is 2.43. The van der Waals surface area contributed by atoms with Crippen LogP contribution in [0, 0.1) is 0 Å². The van der Waals surface area contributed by atoms with Crippen molar-refractivity contribution in [3.8, 4) is 0 Å². The fraction of sp³-hybridized carbons (Fsp3) is 0.775. The Kier molecular flexibility index (Phi) is 34.7. The number of aliphatic hydroxyl groups is 2. The minimum atomic E-state index is -4.41. The highest BCUT2D eigenvalue weighted by molar-refractivity contribution is 7.47. The maximum Gasteiger partial charge on any atom is 0.472 e. The number of phosphoric acid groups is 1. The third-order valence-electron chi connectivity index (χ3n) is 8.41. The molecule has 0 spiro atoms. The van der Waals surface area contributed by atoms with Crippen molar-refractivity contribution >= 4 is 13.7 Å². The molecule has 0 aliphatic rings. The van der Waals surface area contributed by atoms with Gasteiger partial charge in [0.15, 0.2) is 0 Å². The highest BCUT2D eigenvalue weighted by Gasteiger charge is 2.27. The zero-order chi connectivity index (χ0) is 37.0. The molecular weight excluding hydrogens is 651 g/mol. The minimum Gasteiger partial charge on any atom is -0.393 e. The summed E-state index contributed by atoms with van der Waals surface area (Å²) in [6, 6.07) is -1.01. The van der Waals surface area contributed by atoms with Gasteiger partial charge in [0.05, 0.1) is 37.9 Å². The Balaban J connectivity index is 4.51. The van der Waals surface area contributed by atoms with Crippen molar-refractivity contribution in [2.24, 2.45) is 5.73 Å². The Morgan fingerprint density at radius 3 is 1.70 bits per heavy atom. The summed E-state index contributed by atoms with van der Waals surface area (Å²) in [5.74, 6) is -0.473. The van der Waals surface area contributed by atoms with E-state index in [1.807, 2.05) is 6.08 Å². The molecule has 1 amide bonds. The van der Waals surface area contributed by atoms with E-state index in [4.69, 9.17) is 14.8 Å². The third-order valence-corrected chi connectivity index (χ3v) is 9.39.